The monoisotopic (exact) mass is 382 g/mol. The van der Waals surface area contributed by atoms with Crippen molar-refractivity contribution in [2.75, 3.05) is 0 Å². The topological polar surface area (TPSA) is 76.2 Å². The summed E-state index contributed by atoms with van der Waals surface area (Å²) in [6.45, 7) is 0. The van der Waals surface area contributed by atoms with E-state index in [4.69, 9.17) is 9.63 Å². The van der Waals surface area contributed by atoms with Gasteiger partial charge in [0, 0.05) is 10.9 Å². The molecule has 0 saturated carbocycles. The number of hydrogen-bond acceptors (Lipinski definition) is 5. The highest BCUT2D eigenvalue weighted by Gasteiger charge is 2.22. The standard InChI is InChI=1S/C14H8BrFN2O3S/c15-5-10-11(13-17-9(6-22-13)14(19)20)12(18-21-10)7-1-3-8(16)4-2-7/h1-4,6H,5H2,(H,19,20). The predicted octanol–water partition coefficient (Wildman–Crippen LogP) is 4.20. The van der Waals surface area contributed by atoms with Crippen molar-refractivity contribution >= 4 is 33.2 Å². The first-order valence-electron chi connectivity index (χ1n) is 6.09. The van der Waals surface area contributed by atoms with Crippen molar-refractivity contribution in [1.29, 1.82) is 0 Å². The molecule has 0 unspecified atom stereocenters. The van der Waals surface area contributed by atoms with E-state index in [1.807, 2.05) is 0 Å². The molecule has 0 amide bonds. The van der Waals surface area contributed by atoms with Gasteiger partial charge >= 0.3 is 5.97 Å². The molecular weight excluding hydrogens is 375 g/mol. The number of carbonyl (C=O) groups is 1. The van der Waals surface area contributed by atoms with Crippen LogP contribution in [0.25, 0.3) is 21.8 Å². The van der Waals surface area contributed by atoms with Crippen molar-refractivity contribution in [3.8, 4) is 21.8 Å². The van der Waals surface area contributed by atoms with Crippen LogP contribution in [0.4, 0.5) is 4.39 Å². The fraction of sp³-hybridized carbons (Fsp3) is 0.0714. The summed E-state index contributed by atoms with van der Waals surface area (Å²) in [6, 6.07) is 5.82. The van der Waals surface area contributed by atoms with Crippen LogP contribution in [0.15, 0.2) is 34.2 Å². The van der Waals surface area contributed by atoms with Crippen LogP contribution in [0.1, 0.15) is 16.2 Å². The Balaban J connectivity index is 2.14. The smallest absolute Gasteiger partial charge is 0.355 e. The van der Waals surface area contributed by atoms with Crippen LogP contribution >= 0.6 is 27.3 Å². The maximum Gasteiger partial charge on any atom is 0.355 e. The summed E-state index contributed by atoms with van der Waals surface area (Å²) >= 11 is 4.50. The lowest BCUT2D eigenvalue weighted by Gasteiger charge is -2.00. The molecule has 0 radical (unpaired) electrons. The van der Waals surface area contributed by atoms with Crippen molar-refractivity contribution in [3.05, 3.63) is 46.9 Å². The number of hydrogen-bond donors (Lipinski definition) is 1. The largest absolute Gasteiger partial charge is 0.476 e. The van der Waals surface area contributed by atoms with Gasteiger partial charge < -0.3 is 9.63 Å². The molecule has 0 atom stereocenters. The van der Waals surface area contributed by atoms with E-state index in [0.717, 1.165) is 0 Å². The minimum atomic E-state index is -1.09. The van der Waals surface area contributed by atoms with Gasteiger partial charge in [-0.25, -0.2) is 14.2 Å². The highest BCUT2D eigenvalue weighted by Crippen LogP contribution is 2.37. The van der Waals surface area contributed by atoms with Crippen LogP contribution in [-0.2, 0) is 5.33 Å². The molecule has 3 aromatic rings. The molecule has 0 spiro atoms. The second kappa shape index (κ2) is 5.98. The minimum absolute atomic E-state index is 0.0354. The zero-order valence-corrected chi connectivity index (χ0v) is 13.3. The molecule has 0 bridgehead atoms. The van der Waals surface area contributed by atoms with E-state index in [1.54, 1.807) is 12.1 Å². The Bertz CT molecular complexity index is 829. The van der Waals surface area contributed by atoms with Gasteiger partial charge in [-0.1, -0.05) is 21.1 Å². The third-order valence-electron chi connectivity index (χ3n) is 2.94. The summed E-state index contributed by atoms with van der Waals surface area (Å²) in [6.07, 6.45) is 0. The Hall–Kier alpha value is -2.06. The Morgan fingerprint density at radius 2 is 2.09 bits per heavy atom. The maximum absolute atomic E-state index is 13.1. The number of carboxylic acids is 1. The molecule has 0 fully saturated rings. The normalized spacial score (nSPS) is 10.8. The van der Waals surface area contributed by atoms with Crippen LogP contribution in [-0.4, -0.2) is 21.2 Å². The Labute approximate surface area is 136 Å². The number of carboxylic acid groups (broad SMARTS) is 1. The summed E-state index contributed by atoms with van der Waals surface area (Å²) in [5.74, 6) is -0.912. The van der Waals surface area contributed by atoms with E-state index in [2.05, 4.69) is 26.1 Å². The summed E-state index contributed by atoms with van der Waals surface area (Å²) in [7, 11) is 0. The Morgan fingerprint density at radius 1 is 1.36 bits per heavy atom. The van der Waals surface area contributed by atoms with Crippen LogP contribution in [0.5, 0.6) is 0 Å². The molecule has 8 heteroatoms. The van der Waals surface area contributed by atoms with Gasteiger partial charge in [0.2, 0.25) is 0 Å². The van der Waals surface area contributed by atoms with Crippen LogP contribution in [0.3, 0.4) is 0 Å². The summed E-state index contributed by atoms with van der Waals surface area (Å²) < 4.78 is 18.3. The zero-order chi connectivity index (χ0) is 15.7. The lowest BCUT2D eigenvalue weighted by molar-refractivity contribution is 0.0691. The van der Waals surface area contributed by atoms with E-state index in [0.29, 0.717) is 32.9 Å². The Morgan fingerprint density at radius 3 is 2.68 bits per heavy atom. The van der Waals surface area contributed by atoms with E-state index < -0.39 is 5.97 Å². The van der Waals surface area contributed by atoms with Gasteiger partial charge in [0.25, 0.3) is 0 Å². The van der Waals surface area contributed by atoms with Gasteiger partial charge in [0.15, 0.2) is 11.5 Å². The number of benzene rings is 1. The second-order valence-electron chi connectivity index (χ2n) is 4.31. The van der Waals surface area contributed by atoms with E-state index >= 15 is 0 Å². The molecule has 2 aromatic heterocycles. The summed E-state index contributed by atoms with van der Waals surface area (Å²) in [4.78, 5) is 15.1. The molecule has 112 valence electrons. The average Bonchev–Trinajstić information content (AvgIpc) is 3.14. The zero-order valence-electron chi connectivity index (χ0n) is 10.9. The van der Waals surface area contributed by atoms with Crippen molar-refractivity contribution < 1.29 is 18.8 Å². The first kappa shape index (κ1) is 14.9. The maximum atomic E-state index is 13.1. The molecule has 1 N–H and O–H groups in total. The molecule has 0 aliphatic heterocycles. The quantitative estimate of drug-likeness (QED) is 0.684. The van der Waals surface area contributed by atoms with Gasteiger partial charge in [-0.15, -0.1) is 11.3 Å². The molecule has 0 aliphatic rings. The van der Waals surface area contributed by atoms with E-state index in [1.165, 1.54) is 28.8 Å². The highest BCUT2D eigenvalue weighted by atomic mass is 79.9. The number of thiazole rings is 1. The van der Waals surface area contributed by atoms with Crippen molar-refractivity contribution in [2.45, 2.75) is 5.33 Å². The van der Waals surface area contributed by atoms with Gasteiger partial charge in [-0.2, -0.15) is 0 Å². The van der Waals surface area contributed by atoms with Crippen molar-refractivity contribution in [3.63, 3.8) is 0 Å². The van der Waals surface area contributed by atoms with Crippen LogP contribution < -0.4 is 0 Å². The SMILES string of the molecule is O=C(O)c1csc(-c2c(-c3ccc(F)cc3)noc2CBr)n1. The van der Waals surface area contributed by atoms with Gasteiger partial charge in [0.1, 0.15) is 16.5 Å². The minimum Gasteiger partial charge on any atom is -0.476 e. The van der Waals surface area contributed by atoms with Gasteiger partial charge in [0.05, 0.1) is 10.9 Å². The fourth-order valence-electron chi connectivity index (χ4n) is 1.93. The van der Waals surface area contributed by atoms with Crippen molar-refractivity contribution in [1.82, 2.24) is 10.1 Å². The number of nitrogens with zero attached hydrogens (tertiary/aromatic N) is 2. The predicted molar refractivity (Wildman–Crippen MR) is 82.6 cm³/mol. The number of halogens is 2. The molecular formula is C14H8BrFN2O3S. The molecule has 5 nitrogen and oxygen atoms in total. The number of rotatable bonds is 4. The molecule has 0 saturated heterocycles. The molecule has 3 rings (SSSR count). The number of alkyl halides is 1. The molecule has 0 aliphatic carbocycles. The van der Waals surface area contributed by atoms with E-state index in [9.17, 15) is 9.18 Å². The number of aromatic nitrogens is 2. The molecule has 1 aromatic carbocycles. The molecule has 2 heterocycles. The lowest BCUT2D eigenvalue weighted by atomic mass is 10.1. The first-order valence-corrected chi connectivity index (χ1v) is 8.10. The van der Waals surface area contributed by atoms with Gasteiger partial charge in [-0.3, -0.25) is 0 Å². The average molecular weight is 383 g/mol. The summed E-state index contributed by atoms with van der Waals surface area (Å²) in [5.41, 5.74) is 1.74. The van der Waals surface area contributed by atoms with Gasteiger partial charge in [-0.05, 0) is 24.3 Å². The lowest BCUT2D eigenvalue weighted by Crippen LogP contribution is -1.96. The van der Waals surface area contributed by atoms with E-state index in [-0.39, 0.29) is 11.5 Å². The summed E-state index contributed by atoms with van der Waals surface area (Å²) in [5, 5.41) is 15.4. The van der Waals surface area contributed by atoms with Crippen LogP contribution in [0, 0.1) is 5.82 Å². The fourth-order valence-corrected chi connectivity index (χ4v) is 3.17. The van der Waals surface area contributed by atoms with Crippen LogP contribution in [0.2, 0.25) is 0 Å². The third kappa shape index (κ3) is 2.67. The third-order valence-corrected chi connectivity index (χ3v) is 4.31. The first-order chi connectivity index (χ1) is 10.6. The number of aromatic carboxylic acids is 1. The Kier molecular flexibility index (Phi) is 4.04. The highest BCUT2D eigenvalue weighted by molar-refractivity contribution is 9.08. The second-order valence-corrected chi connectivity index (χ2v) is 5.73. The van der Waals surface area contributed by atoms with Crippen molar-refractivity contribution in [2.24, 2.45) is 0 Å². The molecule has 22 heavy (non-hydrogen) atoms.